The molecule has 2 amide bonds. The molecule has 8 nitrogen and oxygen atoms in total. The van der Waals surface area contributed by atoms with Crippen LogP contribution in [-0.4, -0.2) is 55.5 Å². The van der Waals surface area contributed by atoms with Crippen molar-refractivity contribution in [3.05, 3.63) is 59.7 Å². The van der Waals surface area contributed by atoms with E-state index in [0.29, 0.717) is 25.4 Å². The molecule has 0 heterocycles. The third-order valence-corrected chi connectivity index (χ3v) is 6.67. The number of benzene rings is 2. The third-order valence-electron chi connectivity index (χ3n) is 6.67. The quantitative estimate of drug-likeness (QED) is 0.399. The van der Waals surface area contributed by atoms with E-state index in [2.05, 4.69) is 22.8 Å². The van der Waals surface area contributed by atoms with Gasteiger partial charge in [-0.1, -0.05) is 61.4 Å². The summed E-state index contributed by atoms with van der Waals surface area (Å²) in [6.45, 7) is 0.551. The number of hydrogen-bond donors (Lipinski definition) is 3. The van der Waals surface area contributed by atoms with Crippen LogP contribution in [0.5, 0.6) is 0 Å². The van der Waals surface area contributed by atoms with E-state index >= 15 is 0 Å². The van der Waals surface area contributed by atoms with E-state index in [4.69, 9.17) is 9.47 Å². The van der Waals surface area contributed by atoms with Crippen LogP contribution >= 0.6 is 0 Å². The first kappa shape index (κ1) is 24.7. The highest BCUT2D eigenvalue weighted by atomic mass is 16.5. The first-order valence-electron chi connectivity index (χ1n) is 12.1. The SMILES string of the molecule is COCCCC(NC(=O)C(CC1CC1)NC(=O)OCC1c2ccccc2-c2ccccc21)C(=O)O. The van der Waals surface area contributed by atoms with Crippen LogP contribution in [0.2, 0.25) is 0 Å². The van der Waals surface area contributed by atoms with Gasteiger partial charge in [-0.3, -0.25) is 4.79 Å². The number of carboxylic acid groups (broad SMARTS) is 1. The van der Waals surface area contributed by atoms with E-state index in [1.165, 1.54) is 0 Å². The van der Waals surface area contributed by atoms with Crippen molar-refractivity contribution in [3.63, 3.8) is 0 Å². The highest BCUT2D eigenvalue weighted by Crippen LogP contribution is 2.44. The number of methoxy groups -OCH3 is 1. The van der Waals surface area contributed by atoms with Crippen LogP contribution in [0.4, 0.5) is 4.79 Å². The second-order valence-electron chi connectivity index (χ2n) is 9.24. The van der Waals surface area contributed by atoms with E-state index in [1.807, 2.05) is 36.4 Å². The molecule has 2 atom stereocenters. The van der Waals surface area contributed by atoms with Crippen molar-refractivity contribution < 1.29 is 29.0 Å². The molecule has 2 aromatic rings. The predicted molar refractivity (Wildman–Crippen MR) is 130 cm³/mol. The van der Waals surface area contributed by atoms with Gasteiger partial charge in [-0.15, -0.1) is 0 Å². The van der Waals surface area contributed by atoms with Crippen molar-refractivity contribution in [1.82, 2.24) is 10.6 Å². The maximum Gasteiger partial charge on any atom is 0.407 e. The molecule has 2 aliphatic carbocycles. The van der Waals surface area contributed by atoms with Crippen molar-refractivity contribution in [1.29, 1.82) is 0 Å². The Morgan fingerprint density at radius 3 is 2.17 bits per heavy atom. The van der Waals surface area contributed by atoms with Gasteiger partial charge in [-0.25, -0.2) is 9.59 Å². The smallest absolute Gasteiger partial charge is 0.407 e. The maximum absolute atomic E-state index is 12.9. The van der Waals surface area contributed by atoms with Crippen molar-refractivity contribution in [2.75, 3.05) is 20.3 Å². The Hall–Kier alpha value is -3.39. The summed E-state index contributed by atoms with van der Waals surface area (Å²) in [7, 11) is 1.54. The average molecular weight is 481 g/mol. The molecule has 8 heteroatoms. The fourth-order valence-corrected chi connectivity index (χ4v) is 4.66. The fraction of sp³-hybridized carbons (Fsp3) is 0.444. The molecule has 1 saturated carbocycles. The normalized spacial score (nSPS) is 16.0. The summed E-state index contributed by atoms with van der Waals surface area (Å²) < 4.78 is 10.6. The third kappa shape index (κ3) is 6.19. The van der Waals surface area contributed by atoms with Gasteiger partial charge in [-0.2, -0.15) is 0 Å². The number of fused-ring (bicyclic) bond motifs is 3. The molecule has 2 aliphatic rings. The monoisotopic (exact) mass is 480 g/mol. The van der Waals surface area contributed by atoms with Crippen LogP contribution < -0.4 is 10.6 Å². The van der Waals surface area contributed by atoms with E-state index in [0.717, 1.165) is 35.1 Å². The zero-order valence-corrected chi connectivity index (χ0v) is 19.9. The van der Waals surface area contributed by atoms with Gasteiger partial charge in [0.2, 0.25) is 5.91 Å². The Bertz CT molecular complexity index is 1020. The molecule has 186 valence electrons. The number of amides is 2. The fourth-order valence-electron chi connectivity index (χ4n) is 4.66. The van der Waals surface area contributed by atoms with Crippen LogP contribution in [0, 0.1) is 5.92 Å². The first-order chi connectivity index (χ1) is 17.0. The van der Waals surface area contributed by atoms with Crippen LogP contribution in [0.3, 0.4) is 0 Å². The molecule has 0 aromatic heterocycles. The summed E-state index contributed by atoms with van der Waals surface area (Å²) in [4.78, 5) is 37.2. The van der Waals surface area contributed by atoms with Gasteiger partial charge in [0.25, 0.3) is 0 Å². The van der Waals surface area contributed by atoms with Crippen LogP contribution in [0.1, 0.15) is 49.1 Å². The lowest BCUT2D eigenvalue weighted by Crippen LogP contribution is -2.52. The van der Waals surface area contributed by atoms with Gasteiger partial charge in [0.15, 0.2) is 0 Å². The van der Waals surface area contributed by atoms with E-state index in [1.54, 1.807) is 7.11 Å². The number of nitrogens with one attached hydrogen (secondary N) is 2. The average Bonchev–Trinajstić information content (AvgIpc) is 3.62. The Balaban J connectivity index is 1.37. The lowest BCUT2D eigenvalue weighted by atomic mass is 9.98. The molecule has 2 unspecified atom stereocenters. The highest BCUT2D eigenvalue weighted by Gasteiger charge is 2.34. The van der Waals surface area contributed by atoms with Crippen LogP contribution in [0.25, 0.3) is 11.1 Å². The molecule has 2 aromatic carbocycles. The minimum Gasteiger partial charge on any atom is -0.480 e. The van der Waals surface area contributed by atoms with E-state index < -0.39 is 30.1 Å². The number of aliphatic carboxylic acids is 1. The van der Waals surface area contributed by atoms with Gasteiger partial charge in [0, 0.05) is 19.6 Å². The molecule has 1 fully saturated rings. The molecular weight excluding hydrogens is 448 g/mol. The minimum absolute atomic E-state index is 0.0824. The summed E-state index contributed by atoms with van der Waals surface area (Å²) in [5, 5.41) is 14.7. The number of rotatable bonds is 12. The lowest BCUT2D eigenvalue weighted by molar-refractivity contribution is -0.142. The molecule has 0 radical (unpaired) electrons. The Morgan fingerprint density at radius 2 is 1.60 bits per heavy atom. The van der Waals surface area contributed by atoms with E-state index in [-0.39, 0.29) is 18.9 Å². The Kier molecular flexibility index (Phi) is 8.02. The molecule has 0 bridgehead atoms. The van der Waals surface area contributed by atoms with Gasteiger partial charge >= 0.3 is 12.1 Å². The first-order valence-corrected chi connectivity index (χ1v) is 12.1. The summed E-state index contributed by atoms with van der Waals surface area (Å²) in [6.07, 6.45) is 2.51. The number of carboxylic acids is 1. The Labute approximate surface area is 205 Å². The minimum atomic E-state index is -1.11. The van der Waals surface area contributed by atoms with Crippen molar-refractivity contribution >= 4 is 18.0 Å². The van der Waals surface area contributed by atoms with Gasteiger partial charge in [0.1, 0.15) is 18.7 Å². The standard InChI is InChI=1S/C27H32N2O6/c1-34-14-6-11-23(26(31)32)28-25(30)24(15-17-12-13-17)29-27(33)35-16-22-20-9-4-2-7-18(20)19-8-3-5-10-21(19)22/h2-5,7-10,17,22-24H,6,11-16H2,1H3,(H,28,30)(H,29,33)(H,31,32). The zero-order valence-electron chi connectivity index (χ0n) is 19.9. The molecule has 0 aliphatic heterocycles. The summed E-state index contributed by atoms with van der Waals surface area (Å²) >= 11 is 0. The van der Waals surface area contributed by atoms with E-state index in [9.17, 15) is 19.5 Å². The summed E-state index contributed by atoms with van der Waals surface area (Å²) in [6, 6.07) is 14.3. The largest absolute Gasteiger partial charge is 0.480 e. The highest BCUT2D eigenvalue weighted by molar-refractivity contribution is 5.89. The summed E-state index contributed by atoms with van der Waals surface area (Å²) in [5.74, 6) is -1.35. The van der Waals surface area contributed by atoms with Gasteiger partial charge in [0.05, 0.1) is 0 Å². The van der Waals surface area contributed by atoms with Gasteiger partial charge < -0.3 is 25.2 Å². The zero-order chi connectivity index (χ0) is 24.8. The molecule has 35 heavy (non-hydrogen) atoms. The second kappa shape index (κ2) is 11.4. The maximum atomic E-state index is 12.9. The number of hydrogen-bond acceptors (Lipinski definition) is 5. The second-order valence-corrected chi connectivity index (χ2v) is 9.24. The molecule has 4 rings (SSSR count). The lowest BCUT2D eigenvalue weighted by Gasteiger charge is -2.22. The van der Waals surface area contributed by atoms with Crippen molar-refractivity contribution in [3.8, 4) is 11.1 Å². The summed E-state index contributed by atoms with van der Waals surface area (Å²) in [5.41, 5.74) is 4.48. The number of carbonyl (C=O) groups is 3. The van der Waals surface area contributed by atoms with Gasteiger partial charge in [-0.05, 0) is 47.4 Å². The van der Waals surface area contributed by atoms with Crippen molar-refractivity contribution in [2.45, 2.75) is 50.1 Å². The molecule has 0 saturated heterocycles. The Morgan fingerprint density at radius 1 is 0.971 bits per heavy atom. The van der Waals surface area contributed by atoms with Crippen LogP contribution in [0.15, 0.2) is 48.5 Å². The predicted octanol–water partition coefficient (Wildman–Crippen LogP) is 3.69. The molecule has 0 spiro atoms. The topological polar surface area (TPSA) is 114 Å². The number of carbonyl (C=O) groups excluding carboxylic acids is 2. The molecular formula is C27H32N2O6. The molecule has 3 N–H and O–H groups in total. The number of ether oxygens (including phenoxy) is 2. The van der Waals surface area contributed by atoms with Crippen LogP contribution in [-0.2, 0) is 19.1 Å². The van der Waals surface area contributed by atoms with Crippen molar-refractivity contribution in [2.24, 2.45) is 5.92 Å². The number of alkyl carbamates (subject to hydrolysis) is 1.